The highest BCUT2D eigenvalue weighted by atomic mass is 16.7. The molecule has 0 amide bonds. The maximum absolute atomic E-state index is 5.80. The molecular weight excluding hydrogens is 282 g/mol. The van der Waals surface area contributed by atoms with E-state index in [1.807, 2.05) is 0 Å². The smallest absolute Gasteiger partial charge is 0.0835 e. The lowest BCUT2D eigenvalue weighted by molar-refractivity contribution is -0.278. The average Bonchev–Trinajstić information content (AvgIpc) is 2.92. The van der Waals surface area contributed by atoms with Gasteiger partial charge in [-0.25, -0.2) is 0 Å². The van der Waals surface area contributed by atoms with Crippen LogP contribution in [0.4, 0.5) is 0 Å². The van der Waals surface area contributed by atoms with Gasteiger partial charge in [0, 0.05) is 13.1 Å². The van der Waals surface area contributed by atoms with Crippen molar-refractivity contribution in [1.82, 2.24) is 5.06 Å². The summed E-state index contributed by atoms with van der Waals surface area (Å²) in [5.74, 6) is 4.12. The normalized spacial score (nSPS) is 53.1. The molecule has 1 saturated heterocycles. The summed E-state index contributed by atoms with van der Waals surface area (Å²) in [5.41, 5.74) is 1.32. The van der Waals surface area contributed by atoms with Crippen LogP contribution in [0.1, 0.15) is 77.6 Å². The Balaban J connectivity index is 1.47. The van der Waals surface area contributed by atoms with Crippen molar-refractivity contribution in [2.45, 2.75) is 77.6 Å². The van der Waals surface area contributed by atoms with E-state index in [1.165, 1.54) is 70.9 Å². The second-order valence-corrected chi connectivity index (χ2v) is 9.91. The molecule has 6 atom stereocenters. The molecule has 23 heavy (non-hydrogen) atoms. The molecule has 4 saturated carbocycles. The Kier molecular flexibility index (Phi) is 3.61. The van der Waals surface area contributed by atoms with Crippen molar-refractivity contribution < 1.29 is 4.84 Å². The molecule has 5 fully saturated rings. The van der Waals surface area contributed by atoms with Crippen molar-refractivity contribution in [3.63, 3.8) is 0 Å². The highest BCUT2D eigenvalue weighted by Gasteiger charge is 2.59. The van der Waals surface area contributed by atoms with Crippen molar-refractivity contribution in [3.8, 4) is 0 Å². The largest absolute Gasteiger partial charge is 0.297 e. The van der Waals surface area contributed by atoms with Gasteiger partial charge in [-0.2, -0.15) is 5.06 Å². The molecular formula is C21H35NO. The maximum atomic E-state index is 5.80. The summed E-state index contributed by atoms with van der Waals surface area (Å²) in [6.07, 6.45) is 16.7. The first-order chi connectivity index (χ1) is 11.2. The molecule has 2 nitrogen and oxygen atoms in total. The first-order valence-corrected chi connectivity index (χ1v) is 10.6. The lowest BCUT2D eigenvalue weighted by atomic mass is 9.45. The standard InChI is InChI=1S/C21H35NO/c1-20-10-4-6-18(20)17-8-7-16-5-2-3-11-21(16,19(17)9-12-20)15-22-13-14-23-22/h16-19H,2-15H2,1H3/t16?,17-,18-,19-,20-,21+/m0/s1. The summed E-state index contributed by atoms with van der Waals surface area (Å²) >= 11 is 0. The minimum absolute atomic E-state index is 0.617. The van der Waals surface area contributed by atoms with Crippen LogP contribution in [0.15, 0.2) is 0 Å². The van der Waals surface area contributed by atoms with Crippen LogP contribution in [0.2, 0.25) is 0 Å². The van der Waals surface area contributed by atoms with Gasteiger partial charge in [0.05, 0.1) is 6.61 Å². The molecule has 0 aromatic heterocycles. The Bertz CT molecular complexity index is 461. The summed E-state index contributed by atoms with van der Waals surface area (Å²) in [6, 6.07) is 0. The Morgan fingerprint density at radius 3 is 2.65 bits per heavy atom. The van der Waals surface area contributed by atoms with E-state index in [-0.39, 0.29) is 0 Å². The third-order valence-electron chi connectivity index (χ3n) is 9.15. The molecule has 0 bridgehead atoms. The van der Waals surface area contributed by atoms with Gasteiger partial charge in [0.2, 0.25) is 0 Å². The molecule has 1 heterocycles. The first kappa shape index (κ1) is 15.2. The number of fused-ring (bicyclic) bond motifs is 5. The van der Waals surface area contributed by atoms with Crippen LogP contribution in [0.25, 0.3) is 0 Å². The van der Waals surface area contributed by atoms with Crippen molar-refractivity contribution in [3.05, 3.63) is 0 Å². The second kappa shape index (κ2) is 5.46. The Hall–Kier alpha value is -0.0800. The van der Waals surface area contributed by atoms with Crippen molar-refractivity contribution >= 4 is 0 Å². The van der Waals surface area contributed by atoms with Crippen LogP contribution >= 0.6 is 0 Å². The minimum Gasteiger partial charge on any atom is -0.297 e. The van der Waals surface area contributed by atoms with Gasteiger partial charge in [-0.05, 0) is 85.9 Å². The molecule has 0 radical (unpaired) electrons. The molecule has 0 aromatic carbocycles. The van der Waals surface area contributed by atoms with Crippen LogP contribution < -0.4 is 0 Å². The van der Waals surface area contributed by atoms with E-state index in [9.17, 15) is 0 Å². The second-order valence-electron chi connectivity index (χ2n) is 9.91. The highest BCUT2D eigenvalue weighted by Crippen LogP contribution is 2.66. The molecule has 5 rings (SSSR count). The summed E-state index contributed by atoms with van der Waals surface area (Å²) in [7, 11) is 0. The summed E-state index contributed by atoms with van der Waals surface area (Å²) < 4.78 is 0. The Morgan fingerprint density at radius 2 is 1.83 bits per heavy atom. The molecule has 130 valence electrons. The molecule has 0 aromatic rings. The molecule has 0 spiro atoms. The fourth-order valence-corrected chi connectivity index (χ4v) is 8.05. The van der Waals surface area contributed by atoms with E-state index in [1.54, 1.807) is 12.8 Å². The molecule has 4 aliphatic carbocycles. The summed E-state index contributed by atoms with van der Waals surface area (Å²) in [5, 5.41) is 2.34. The molecule has 1 unspecified atom stereocenters. The molecule has 1 aliphatic heterocycles. The average molecular weight is 318 g/mol. The van der Waals surface area contributed by atoms with Gasteiger partial charge >= 0.3 is 0 Å². The topological polar surface area (TPSA) is 12.5 Å². The van der Waals surface area contributed by atoms with E-state index in [4.69, 9.17) is 4.84 Å². The van der Waals surface area contributed by atoms with Crippen molar-refractivity contribution in [1.29, 1.82) is 0 Å². The summed E-state index contributed by atoms with van der Waals surface area (Å²) in [6.45, 7) is 6.06. The SMILES string of the molecule is C[C@@]12CCC[C@H]1[C@@H]1CCC3CCCC[C@]3(CN3CCO3)[C@H]1CC2. The van der Waals surface area contributed by atoms with Crippen LogP contribution in [-0.2, 0) is 4.84 Å². The number of hydroxylamine groups is 2. The summed E-state index contributed by atoms with van der Waals surface area (Å²) in [4.78, 5) is 5.80. The van der Waals surface area contributed by atoms with Gasteiger partial charge in [0.25, 0.3) is 0 Å². The fraction of sp³-hybridized carbons (Fsp3) is 1.00. The van der Waals surface area contributed by atoms with Crippen LogP contribution in [0.5, 0.6) is 0 Å². The fourth-order valence-electron chi connectivity index (χ4n) is 8.05. The zero-order chi connectivity index (χ0) is 15.5. The Morgan fingerprint density at radius 1 is 0.913 bits per heavy atom. The van der Waals surface area contributed by atoms with Crippen molar-refractivity contribution in [2.24, 2.45) is 34.5 Å². The number of hydrogen-bond acceptors (Lipinski definition) is 2. The van der Waals surface area contributed by atoms with E-state index in [0.717, 1.165) is 30.3 Å². The minimum atomic E-state index is 0.617. The number of hydrogen-bond donors (Lipinski definition) is 0. The molecule has 0 N–H and O–H groups in total. The van der Waals surface area contributed by atoms with E-state index < -0.39 is 0 Å². The zero-order valence-electron chi connectivity index (χ0n) is 15.1. The molecule has 2 heteroatoms. The first-order valence-electron chi connectivity index (χ1n) is 10.6. The highest BCUT2D eigenvalue weighted by molar-refractivity contribution is 5.08. The van der Waals surface area contributed by atoms with Crippen LogP contribution in [-0.4, -0.2) is 24.8 Å². The molecule has 5 aliphatic rings. The van der Waals surface area contributed by atoms with Crippen molar-refractivity contribution in [2.75, 3.05) is 19.7 Å². The van der Waals surface area contributed by atoms with Gasteiger partial charge in [0.15, 0.2) is 0 Å². The van der Waals surface area contributed by atoms with E-state index >= 15 is 0 Å². The number of rotatable bonds is 2. The third-order valence-corrected chi connectivity index (χ3v) is 9.15. The zero-order valence-corrected chi connectivity index (χ0v) is 15.1. The Labute approximate surface area is 142 Å². The van der Waals surface area contributed by atoms with Crippen LogP contribution in [0.3, 0.4) is 0 Å². The third kappa shape index (κ3) is 2.20. The lowest BCUT2D eigenvalue weighted by Crippen LogP contribution is -2.59. The van der Waals surface area contributed by atoms with Gasteiger partial charge in [-0.3, -0.25) is 4.84 Å². The van der Waals surface area contributed by atoms with Crippen LogP contribution in [0, 0.1) is 34.5 Å². The quantitative estimate of drug-likeness (QED) is 0.707. The van der Waals surface area contributed by atoms with E-state index in [0.29, 0.717) is 10.8 Å². The van der Waals surface area contributed by atoms with Gasteiger partial charge in [-0.15, -0.1) is 0 Å². The monoisotopic (exact) mass is 317 g/mol. The number of nitrogens with zero attached hydrogens (tertiary/aromatic N) is 1. The van der Waals surface area contributed by atoms with Gasteiger partial charge < -0.3 is 0 Å². The lowest BCUT2D eigenvalue weighted by Gasteiger charge is -2.62. The van der Waals surface area contributed by atoms with E-state index in [2.05, 4.69) is 12.0 Å². The maximum Gasteiger partial charge on any atom is 0.0835 e. The predicted octanol–water partition coefficient (Wildman–Crippen LogP) is 5.04. The predicted molar refractivity (Wildman–Crippen MR) is 92.8 cm³/mol. The van der Waals surface area contributed by atoms with Gasteiger partial charge in [0.1, 0.15) is 0 Å². The van der Waals surface area contributed by atoms with Gasteiger partial charge in [-0.1, -0.05) is 26.2 Å².